The highest BCUT2D eigenvalue weighted by Crippen LogP contribution is 2.27. The van der Waals surface area contributed by atoms with Crippen LogP contribution < -0.4 is 10.2 Å². The lowest BCUT2D eigenvalue weighted by atomic mass is 10.0. The van der Waals surface area contributed by atoms with Crippen molar-refractivity contribution in [2.24, 2.45) is 0 Å². The van der Waals surface area contributed by atoms with E-state index in [1.54, 1.807) is 0 Å². The minimum absolute atomic E-state index is 0.0542. The summed E-state index contributed by atoms with van der Waals surface area (Å²) in [6, 6.07) is 6.02. The number of rotatable bonds is 5. The summed E-state index contributed by atoms with van der Waals surface area (Å²) in [6.07, 6.45) is 2.81. The molecule has 1 aromatic heterocycles. The summed E-state index contributed by atoms with van der Waals surface area (Å²) in [5.41, 5.74) is 4.77. The second kappa shape index (κ2) is 6.18. The molecule has 6 heteroatoms. The van der Waals surface area contributed by atoms with Crippen LogP contribution in [0.5, 0.6) is 5.75 Å². The Bertz CT molecular complexity index is 579. The number of aryl methyl sites for hydroxylation is 1. The van der Waals surface area contributed by atoms with E-state index in [1.807, 2.05) is 25.1 Å². The zero-order valence-corrected chi connectivity index (χ0v) is 11.8. The molecule has 20 heavy (non-hydrogen) atoms. The first-order chi connectivity index (χ1) is 9.56. The molecule has 0 spiro atoms. The van der Waals surface area contributed by atoms with Crippen molar-refractivity contribution in [3.63, 3.8) is 0 Å². The lowest BCUT2D eigenvalue weighted by Crippen LogP contribution is -2.27. The van der Waals surface area contributed by atoms with Crippen LogP contribution in [-0.4, -0.2) is 27.4 Å². The molecular weight excluding hydrogens is 256 g/mol. The second-order valence-electron chi connectivity index (χ2n) is 4.89. The number of hydrogen-bond donors (Lipinski definition) is 1. The van der Waals surface area contributed by atoms with Crippen molar-refractivity contribution in [2.75, 3.05) is 12.0 Å². The first kappa shape index (κ1) is 14.0. The average molecular weight is 274 g/mol. The van der Waals surface area contributed by atoms with Crippen molar-refractivity contribution >= 4 is 5.91 Å². The fourth-order valence-corrected chi connectivity index (χ4v) is 1.82. The highest BCUT2D eigenvalue weighted by molar-refractivity contribution is 5.85. The van der Waals surface area contributed by atoms with Crippen LogP contribution in [0.15, 0.2) is 30.9 Å². The number of carbonyl (C=O) groups excluding carboxylic acids is 1. The van der Waals surface area contributed by atoms with Gasteiger partial charge in [0.1, 0.15) is 18.4 Å². The Hall–Kier alpha value is -2.37. The molecule has 0 bridgehead atoms. The molecule has 0 fully saturated rings. The molecular formula is C14H18N4O2. The molecule has 0 atom stereocenters. The lowest BCUT2D eigenvalue weighted by Gasteiger charge is -2.14. The van der Waals surface area contributed by atoms with E-state index in [-0.39, 0.29) is 12.5 Å². The lowest BCUT2D eigenvalue weighted by molar-refractivity contribution is -0.119. The van der Waals surface area contributed by atoms with Gasteiger partial charge in [0.05, 0.1) is 0 Å². The number of nitrogens with zero attached hydrogens (tertiary/aromatic N) is 3. The molecule has 0 aliphatic heterocycles. The Morgan fingerprint density at radius 3 is 2.70 bits per heavy atom. The number of amides is 1. The maximum absolute atomic E-state index is 11.7. The van der Waals surface area contributed by atoms with Gasteiger partial charge in [0.25, 0.3) is 5.91 Å². The predicted molar refractivity (Wildman–Crippen MR) is 75.2 cm³/mol. The standard InChI is InChI=1S/C14H18N4O2/c1-10(2)12-5-4-11(3)6-13(12)20-7-14(19)17-18-8-15-16-9-18/h4-6,8-10H,7H2,1-3H3,(H,17,19). The van der Waals surface area contributed by atoms with Crippen LogP contribution in [0.25, 0.3) is 0 Å². The smallest absolute Gasteiger partial charge is 0.276 e. The summed E-state index contributed by atoms with van der Waals surface area (Å²) < 4.78 is 7.00. The number of aromatic nitrogens is 3. The normalized spacial score (nSPS) is 10.6. The zero-order chi connectivity index (χ0) is 14.5. The van der Waals surface area contributed by atoms with Gasteiger partial charge in [-0.2, -0.15) is 0 Å². The van der Waals surface area contributed by atoms with Gasteiger partial charge in [-0.1, -0.05) is 26.0 Å². The third-order valence-corrected chi connectivity index (χ3v) is 2.82. The largest absolute Gasteiger partial charge is 0.483 e. The van der Waals surface area contributed by atoms with E-state index in [1.165, 1.54) is 17.3 Å². The molecule has 1 amide bonds. The van der Waals surface area contributed by atoms with Crippen molar-refractivity contribution in [3.05, 3.63) is 42.0 Å². The molecule has 1 N–H and O–H groups in total. The van der Waals surface area contributed by atoms with Crippen LogP contribution in [0.4, 0.5) is 0 Å². The van der Waals surface area contributed by atoms with Crippen molar-refractivity contribution in [1.29, 1.82) is 0 Å². The van der Waals surface area contributed by atoms with Gasteiger partial charge >= 0.3 is 0 Å². The van der Waals surface area contributed by atoms with Crippen LogP contribution in [0.3, 0.4) is 0 Å². The molecule has 6 nitrogen and oxygen atoms in total. The molecule has 2 rings (SSSR count). The average Bonchev–Trinajstić information content (AvgIpc) is 2.89. The molecule has 106 valence electrons. The number of benzene rings is 1. The van der Waals surface area contributed by atoms with Crippen molar-refractivity contribution < 1.29 is 9.53 Å². The molecule has 0 unspecified atom stereocenters. The van der Waals surface area contributed by atoms with Gasteiger partial charge < -0.3 is 4.74 Å². The van der Waals surface area contributed by atoms with Crippen molar-refractivity contribution in [1.82, 2.24) is 14.9 Å². The summed E-state index contributed by atoms with van der Waals surface area (Å²) in [4.78, 5) is 11.7. The fraction of sp³-hybridized carbons (Fsp3) is 0.357. The Balaban J connectivity index is 1.99. The number of nitrogens with one attached hydrogen (secondary N) is 1. The highest BCUT2D eigenvalue weighted by Gasteiger charge is 2.10. The first-order valence-corrected chi connectivity index (χ1v) is 6.44. The molecule has 0 aliphatic carbocycles. The fourth-order valence-electron chi connectivity index (χ4n) is 1.82. The Kier molecular flexibility index (Phi) is 4.34. The van der Waals surface area contributed by atoms with E-state index in [0.717, 1.165) is 16.9 Å². The number of hydrogen-bond acceptors (Lipinski definition) is 4. The SMILES string of the molecule is Cc1ccc(C(C)C)c(OCC(=O)Nn2cnnc2)c1. The summed E-state index contributed by atoms with van der Waals surface area (Å²) in [6.45, 7) is 6.12. The third kappa shape index (κ3) is 3.57. The monoisotopic (exact) mass is 274 g/mol. The van der Waals surface area contributed by atoms with Crippen molar-refractivity contribution in [3.8, 4) is 5.75 Å². The Morgan fingerprint density at radius 1 is 1.35 bits per heavy atom. The third-order valence-electron chi connectivity index (χ3n) is 2.82. The molecule has 1 aromatic carbocycles. The Labute approximate surface area is 117 Å². The van der Waals surface area contributed by atoms with Gasteiger partial charge in [-0.15, -0.1) is 10.2 Å². The van der Waals surface area contributed by atoms with Crippen LogP contribution in [0.2, 0.25) is 0 Å². The second-order valence-corrected chi connectivity index (χ2v) is 4.89. The van der Waals surface area contributed by atoms with Gasteiger partial charge in [0.15, 0.2) is 6.61 Å². The summed E-state index contributed by atoms with van der Waals surface area (Å²) in [7, 11) is 0. The van der Waals surface area contributed by atoms with Crippen LogP contribution >= 0.6 is 0 Å². The van der Waals surface area contributed by atoms with Crippen LogP contribution in [-0.2, 0) is 4.79 Å². The van der Waals surface area contributed by atoms with Crippen molar-refractivity contribution in [2.45, 2.75) is 26.7 Å². The number of carbonyl (C=O) groups is 1. The van der Waals surface area contributed by atoms with E-state index in [2.05, 4.69) is 29.5 Å². The van der Waals surface area contributed by atoms with Gasteiger partial charge in [-0.3, -0.25) is 10.2 Å². The molecule has 0 aliphatic rings. The molecule has 0 radical (unpaired) electrons. The summed E-state index contributed by atoms with van der Waals surface area (Å²) in [5, 5.41) is 7.20. The Morgan fingerprint density at radius 2 is 2.05 bits per heavy atom. The topological polar surface area (TPSA) is 69.0 Å². The van der Waals surface area contributed by atoms with Crippen LogP contribution in [0, 0.1) is 6.92 Å². The molecule has 0 saturated carbocycles. The van der Waals surface area contributed by atoms with E-state index >= 15 is 0 Å². The van der Waals surface area contributed by atoms with Gasteiger partial charge in [0.2, 0.25) is 0 Å². The molecule has 1 heterocycles. The molecule has 0 saturated heterocycles. The maximum Gasteiger partial charge on any atom is 0.276 e. The minimum Gasteiger partial charge on any atom is -0.483 e. The van der Waals surface area contributed by atoms with Gasteiger partial charge in [-0.25, -0.2) is 4.68 Å². The van der Waals surface area contributed by atoms with E-state index in [0.29, 0.717) is 5.92 Å². The first-order valence-electron chi connectivity index (χ1n) is 6.44. The quantitative estimate of drug-likeness (QED) is 0.903. The van der Waals surface area contributed by atoms with E-state index in [9.17, 15) is 4.79 Å². The van der Waals surface area contributed by atoms with E-state index in [4.69, 9.17) is 4.74 Å². The van der Waals surface area contributed by atoms with Gasteiger partial charge in [-0.05, 0) is 30.0 Å². The van der Waals surface area contributed by atoms with E-state index < -0.39 is 0 Å². The maximum atomic E-state index is 11.7. The number of ether oxygens (including phenoxy) is 1. The predicted octanol–water partition coefficient (Wildman–Crippen LogP) is 1.86. The van der Waals surface area contributed by atoms with Crippen LogP contribution in [0.1, 0.15) is 30.9 Å². The molecule has 2 aromatic rings. The zero-order valence-electron chi connectivity index (χ0n) is 11.8. The minimum atomic E-state index is -0.263. The summed E-state index contributed by atoms with van der Waals surface area (Å²) in [5.74, 6) is 0.825. The summed E-state index contributed by atoms with van der Waals surface area (Å²) >= 11 is 0. The highest BCUT2D eigenvalue weighted by atomic mass is 16.5. The van der Waals surface area contributed by atoms with Gasteiger partial charge in [0, 0.05) is 0 Å².